The molecule has 0 atom stereocenters. The van der Waals surface area contributed by atoms with Crippen LogP contribution in [0.15, 0.2) is 72.8 Å². The maximum atomic E-state index is 12.1. The second-order valence-electron chi connectivity index (χ2n) is 13.8. The summed E-state index contributed by atoms with van der Waals surface area (Å²) in [6.07, 6.45) is 9.89. The smallest absolute Gasteiger partial charge is 0.333 e. The van der Waals surface area contributed by atoms with Gasteiger partial charge in [0.15, 0.2) is 0 Å². The van der Waals surface area contributed by atoms with Crippen molar-refractivity contribution in [2.75, 3.05) is 26.4 Å². The molecule has 1 saturated carbocycles. The third-order valence-corrected chi connectivity index (χ3v) is 10.2. The van der Waals surface area contributed by atoms with Crippen molar-refractivity contribution in [1.82, 2.24) is 0 Å². The van der Waals surface area contributed by atoms with Gasteiger partial charge in [0.25, 0.3) is 0 Å². The molecule has 1 fully saturated rings. The van der Waals surface area contributed by atoms with Gasteiger partial charge in [0.05, 0.1) is 26.4 Å². The van der Waals surface area contributed by atoms with Gasteiger partial charge >= 0.3 is 5.97 Å². The minimum atomic E-state index is -0.556. The van der Waals surface area contributed by atoms with Gasteiger partial charge in [0, 0.05) is 17.4 Å². The Morgan fingerprint density at radius 3 is 2.15 bits per heavy atom. The number of esters is 1. The number of hydrogen-bond donors (Lipinski definition) is 2. The lowest BCUT2D eigenvalue weighted by atomic mass is 9.79. The molecule has 0 radical (unpaired) electrons. The minimum absolute atomic E-state index is 0.0741. The van der Waals surface area contributed by atoms with E-state index in [1.54, 1.807) is 6.92 Å². The summed E-state index contributed by atoms with van der Waals surface area (Å²) in [4.78, 5) is 12.1. The van der Waals surface area contributed by atoms with E-state index in [4.69, 9.17) is 9.47 Å². The average molecular weight is 641 g/mol. The molecule has 5 nitrogen and oxygen atoms in total. The molecule has 0 amide bonds. The Labute approximate surface area is 283 Å². The van der Waals surface area contributed by atoms with Crippen molar-refractivity contribution < 1.29 is 24.5 Å². The van der Waals surface area contributed by atoms with Crippen molar-refractivity contribution >= 4 is 5.97 Å². The molecule has 0 aliphatic heterocycles. The zero-order valence-corrected chi connectivity index (χ0v) is 29.2. The predicted molar refractivity (Wildman–Crippen MR) is 193 cm³/mol. The molecule has 0 aromatic heterocycles. The third kappa shape index (κ3) is 9.81. The first kappa shape index (κ1) is 36.4. The highest BCUT2D eigenvalue weighted by molar-refractivity contribution is 5.86. The molecule has 2 N–H and O–H groups in total. The van der Waals surface area contributed by atoms with Crippen LogP contribution >= 0.6 is 0 Å². The summed E-state index contributed by atoms with van der Waals surface area (Å²) in [5.41, 5.74) is 8.23. The molecule has 5 heteroatoms. The molecule has 3 aromatic rings. The molecule has 47 heavy (non-hydrogen) atoms. The van der Waals surface area contributed by atoms with Gasteiger partial charge in [-0.05, 0) is 102 Å². The van der Waals surface area contributed by atoms with Gasteiger partial charge in [0.2, 0.25) is 0 Å². The largest absolute Gasteiger partial charge is 0.493 e. The number of carbonyl (C=O) groups excluding carboxylic acids is 1. The van der Waals surface area contributed by atoms with E-state index in [2.05, 4.69) is 81.9 Å². The van der Waals surface area contributed by atoms with E-state index in [1.165, 1.54) is 53.5 Å². The molecular weight excluding hydrogens is 584 g/mol. The average Bonchev–Trinajstić information content (AvgIpc) is 3.10. The monoisotopic (exact) mass is 640 g/mol. The van der Waals surface area contributed by atoms with Crippen molar-refractivity contribution in [3.05, 3.63) is 89.5 Å². The Bertz CT molecular complexity index is 1440. The van der Waals surface area contributed by atoms with Crippen molar-refractivity contribution in [2.45, 2.75) is 97.8 Å². The van der Waals surface area contributed by atoms with Crippen molar-refractivity contribution in [3.63, 3.8) is 0 Å². The van der Waals surface area contributed by atoms with Gasteiger partial charge in [-0.15, -0.1) is 0 Å². The molecular formula is C42H56O5. The van der Waals surface area contributed by atoms with Crippen molar-refractivity contribution in [2.24, 2.45) is 11.3 Å². The highest BCUT2D eigenvalue weighted by atomic mass is 16.5. The fourth-order valence-electron chi connectivity index (χ4n) is 6.77. The van der Waals surface area contributed by atoms with E-state index in [0.29, 0.717) is 30.9 Å². The van der Waals surface area contributed by atoms with E-state index in [1.807, 2.05) is 6.07 Å². The second-order valence-corrected chi connectivity index (χ2v) is 13.8. The van der Waals surface area contributed by atoms with Crippen LogP contribution in [0, 0.1) is 11.3 Å². The summed E-state index contributed by atoms with van der Waals surface area (Å²) in [7, 11) is 0. The van der Waals surface area contributed by atoms with Crippen LogP contribution in [0.25, 0.3) is 22.3 Å². The fraction of sp³-hybridized carbons (Fsp3) is 0.500. The predicted octanol–water partition coefficient (Wildman–Crippen LogP) is 9.47. The number of benzene rings is 3. The molecule has 4 rings (SSSR count). The highest BCUT2D eigenvalue weighted by Gasteiger charge is 2.28. The lowest BCUT2D eigenvalue weighted by molar-refractivity contribution is -0.138. The van der Waals surface area contributed by atoms with Gasteiger partial charge in [0.1, 0.15) is 5.75 Å². The number of ether oxygens (including phenoxy) is 2. The van der Waals surface area contributed by atoms with Crippen molar-refractivity contribution in [1.29, 1.82) is 0 Å². The maximum Gasteiger partial charge on any atom is 0.333 e. The summed E-state index contributed by atoms with van der Waals surface area (Å²) in [5.74, 6) is 1.87. The zero-order valence-electron chi connectivity index (χ0n) is 29.2. The third-order valence-electron chi connectivity index (χ3n) is 10.2. The lowest BCUT2D eigenvalue weighted by Crippen LogP contribution is -2.32. The van der Waals surface area contributed by atoms with Crippen LogP contribution in [-0.4, -0.2) is 42.6 Å². The summed E-state index contributed by atoms with van der Waals surface area (Å²) < 4.78 is 11.7. The van der Waals surface area contributed by atoms with E-state index in [-0.39, 0.29) is 19.8 Å². The van der Waals surface area contributed by atoms with Crippen LogP contribution in [0.2, 0.25) is 0 Å². The molecule has 0 unspecified atom stereocenters. The van der Waals surface area contributed by atoms with Gasteiger partial charge in [-0.2, -0.15) is 0 Å². The van der Waals surface area contributed by atoms with E-state index in [0.717, 1.165) is 48.5 Å². The molecule has 1 aliphatic carbocycles. The summed E-state index contributed by atoms with van der Waals surface area (Å²) in [6, 6.07) is 22.2. The molecule has 1 aliphatic rings. The molecule has 3 aromatic carbocycles. The lowest BCUT2D eigenvalue weighted by Gasteiger charge is -2.30. The van der Waals surface area contributed by atoms with Crippen molar-refractivity contribution in [3.8, 4) is 28.0 Å². The maximum absolute atomic E-state index is 12.1. The van der Waals surface area contributed by atoms with Crippen LogP contribution in [-0.2, 0) is 22.4 Å². The SMILES string of the molecule is C=C(C)C(=O)OCCc1cc(-c2ccc(-c3ccc(C4CCC(C)CC4)cc3)cc2CC)ccc1OCCC(CO)(CO)CCCC. The number of rotatable bonds is 17. The highest BCUT2D eigenvalue weighted by Crippen LogP contribution is 2.37. The Kier molecular flexibility index (Phi) is 13.7. The number of hydrogen-bond acceptors (Lipinski definition) is 5. The number of carbonyl (C=O) groups is 1. The Morgan fingerprint density at radius 1 is 0.851 bits per heavy atom. The summed E-state index contributed by atoms with van der Waals surface area (Å²) in [5, 5.41) is 20.1. The summed E-state index contributed by atoms with van der Waals surface area (Å²) >= 11 is 0. The first-order chi connectivity index (χ1) is 22.7. The quantitative estimate of drug-likeness (QED) is 0.114. The standard InChI is InChI=1S/C42H56O5/c1-6-8-22-42(28-43,29-44)23-25-46-40-20-18-37(27-38(40)21-24-47-41(45)30(3)4)39-19-17-36(26-32(39)7-2)35-15-13-34(14-16-35)33-11-9-31(5)10-12-33/h13-20,26-27,31,33,43-44H,3,6-12,21-25,28-29H2,1-2,4-5H3. The van der Waals surface area contributed by atoms with E-state index in [9.17, 15) is 15.0 Å². The molecule has 0 spiro atoms. The minimum Gasteiger partial charge on any atom is -0.493 e. The Morgan fingerprint density at radius 2 is 1.51 bits per heavy atom. The Balaban J connectivity index is 1.55. The van der Waals surface area contributed by atoms with Crippen LogP contribution in [0.4, 0.5) is 0 Å². The normalized spacial score (nSPS) is 16.6. The first-order valence-electron chi connectivity index (χ1n) is 17.8. The topological polar surface area (TPSA) is 76.0 Å². The number of aryl methyl sites for hydroxylation is 1. The van der Waals surface area contributed by atoms with E-state index < -0.39 is 11.4 Å². The number of unbranched alkanes of at least 4 members (excludes halogenated alkanes) is 1. The number of aliphatic hydroxyl groups excluding tert-OH is 2. The van der Waals surface area contributed by atoms with Gasteiger partial charge in [-0.3, -0.25) is 0 Å². The van der Waals surface area contributed by atoms with Crippen LogP contribution in [0.1, 0.15) is 102 Å². The van der Waals surface area contributed by atoms with Gasteiger partial charge < -0.3 is 19.7 Å². The zero-order chi connectivity index (χ0) is 33.8. The molecule has 254 valence electrons. The van der Waals surface area contributed by atoms with Gasteiger partial charge in [-0.1, -0.05) is 102 Å². The van der Waals surface area contributed by atoms with Crippen LogP contribution in [0.5, 0.6) is 5.75 Å². The number of aliphatic hydroxyl groups is 2. The second kappa shape index (κ2) is 17.7. The van der Waals surface area contributed by atoms with Crippen LogP contribution in [0.3, 0.4) is 0 Å². The van der Waals surface area contributed by atoms with E-state index >= 15 is 0 Å². The molecule has 0 saturated heterocycles. The van der Waals surface area contributed by atoms with Crippen LogP contribution < -0.4 is 4.74 Å². The Hall–Kier alpha value is -3.41. The fourth-order valence-corrected chi connectivity index (χ4v) is 6.77. The molecule has 0 heterocycles. The van der Waals surface area contributed by atoms with Gasteiger partial charge in [-0.25, -0.2) is 4.79 Å². The molecule has 0 bridgehead atoms. The summed E-state index contributed by atoms with van der Waals surface area (Å²) in [6.45, 7) is 12.4. The first-order valence-corrected chi connectivity index (χ1v) is 17.8.